The van der Waals surface area contributed by atoms with Crippen LogP contribution in [0.4, 0.5) is 11.5 Å². The van der Waals surface area contributed by atoms with Crippen LogP contribution in [0.5, 0.6) is 5.75 Å². The predicted octanol–water partition coefficient (Wildman–Crippen LogP) is 3.83. The van der Waals surface area contributed by atoms with E-state index in [9.17, 15) is 4.79 Å². The van der Waals surface area contributed by atoms with Crippen LogP contribution in [0.1, 0.15) is 21.5 Å². The highest BCUT2D eigenvalue weighted by Gasteiger charge is 2.07. The number of anilines is 2. The first-order chi connectivity index (χ1) is 13.2. The van der Waals surface area contributed by atoms with E-state index < -0.39 is 0 Å². The normalized spacial score (nSPS) is 9.93. The summed E-state index contributed by atoms with van der Waals surface area (Å²) >= 11 is 0. The highest BCUT2D eigenvalue weighted by molar-refractivity contribution is 6.04. The first-order valence-corrected chi connectivity index (χ1v) is 8.32. The van der Waals surface area contributed by atoms with E-state index >= 15 is 0 Å². The van der Waals surface area contributed by atoms with Crippen molar-refractivity contribution in [1.29, 1.82) is 5.26 Å². The Kier molecular flexibility index (Phi) is 5.65. The molecule has 6 nitrogen and oxygen atoms in total. The molecule has 6 heteroatoms. The minimum Gasteiger partial charge on any atom is -0.497 e. The molecule has 0 aliphatic rings. The van der Waals surface area contributed by atoms with Gasteiger partial charge in [-0.15, -0.1) is 0 Å². The predicted molar refractivity (Wildman–Crippen MR) is 104 cm³/mol. The van der Waals surface area contributed by atoms with Gasteiger partial charge in [0.25, 0.3) is 5.91 Å². The number of nitrogens with zero attached hydrogens (tertiary/aromatic N) is 2. The Bertz CT molecular complexity index is 943. The lowest BCUT2D eigenvalue weighted by atomic mass is 10.2. The number of carbonyl (C=O) groups excluding carboxylic acids is 1. The van der Waals surface area contributed by atoms with Crippen molar-refractivity contribution in [2.75, 3.05) is 17.7 Å². The molecule has 134 valence electrons. The van der Waals surface area contributed by atoms with Crippen molar-refractivity contribution < 1.29 is 9.53 Å². The quantitative estimate of drug-likeness (QED) is 0.699. The van der Waals surface area contributed by atoms with Crippen molar-refractivity contribution in [3.63, 3.8) is 0 Å². The van der Waals surface area contributed by atoms with Crippen LogP contribution in [0.2, 0.25) is 0 Å². The van der Waals surface area contributed by atoms with Gasteiger partial charge in [0.1, 0.15) is 11.6 Å². The standard InChI is InChI=1S/C21H18N4O2/c1-27-19-9-4-16(5-10-19)13-23-20-11-6-17(14-24-20)21(26)25-18-7-2-15(12-22)3-8-18/h2-11,14H,13H2,1H3,(H,23,24)(H,25,26). The van der Waals surface area contributed by atoms with Crippen LogP contribution in [0.15, 0.2) is 66.9 Å². The number of rotatable bonds is 6. The summed E-state index contributed by atoms with van der Waals surface area (Å²) in [5, 5.41) is 14.8. The maximum Gasteiger partial charge on any atom is 0.257 e. The zero-order valence-corrected chi connectivity index (χ0v) is 14.8. The highest BCUT2D eigenvalue weighted by Crippen LogP contribution is 2.14. The summed E-state index contributed by atoms with van der Waals surface area (Å²) in [7, 11) is 1.64. The molecule has 1 aromatic heterocycles. The molecule has 3 rings (SSSR count). The molecule has 0 unspecified atom stereocenters. The summed E-state index contributed by atoms with van der Waals surface area (Å²) < 4.78 is 5.14. The van der Waals surface area contributed by atoms with E-state index in [0.717, 1.165) is 11.3 Å². The molecule has 1 amide bonds. The molecule has 2 aromatic carbocycles. The van der Waals surface area contributed by atoms with Gasteiger partial charge in [-0.3, -0.25) is 4.79 Å². The number of amides is 1. The van der Waals surface area contributed by atoms with Gasteiger partial charge in [0.2, 0.25) is 0 Å². The number of benzene rings is 2. The lowest BCUT2D eigenvalue weighted by Crippen LogP contribution is -2.12. The molecular formula is C21H18N4O2. The van der Waals surface area contributed by atoms with Gasteiger partial charge in [-0.2, -0.15) is 5.26 Å². The Morgan fingerprint density at radius 3 is 2.41 bits per heavy atom. The number of carbonyl (C=O) groups is 1. The molecule has 0 bridgehead atoms. The molecule has 1 heterocycles. The average molecular weight is 358 g/mol. The summed E-state index contributed by atoms with van der Waals surface area (Å²) in [6.45, 7) is 0.619. The number of methoxy groups -OCH3 is 1. The zero-order chi connectivity index (χ0) is 19.1. The van der Waals surface area contributed by atoms with Gasteiger partial charge in [-0.05, 0) is 54.1 Å². The molecule has 0 aliphatic carbocycles. The summed E-state index contributed by atoms with van der Waals surface area (Å²) in [5.74, 6) is 1.24. The molecule has 3 aromatic rings. The third-order valence-electron chi connectivity index (χ3n) is 3.93. The SMILES string of the molecule is COc1ccc(CNc2ccc(C(=O)Nc3ccc(C#N)cc3)cn2)cc1. The Morgan fingerprint density at radius 2 is 1.81 bits per heavy atom. The fourth-order valence-electron chi connectivity index (χ4n) is 2.40. The molecular weight excluding hydrogens is 340 g/mol. The molecule has 0 atom stereocenters. The number of hydrogen-bond acceptors (Lipinski definition) is 5. The van der Waals surface area contributed by atoms with Gasteiger partial charge in [-0.25, -0.2) is 4.98 Å². The third kappa shape index (κ3) is 4.83. The van der Waals surface area contributed by atoms with E-state index in [0.29, 0.717) is 29.2 Å². The summed E-state index contributed by atoms with van der Waals surface area (Å²) in [4.78, 5) is 16.5. The van der Waals surface area contributed by atoms with Crippen LogP contribution < -0.4 is 15.4 Å². The molecule has 0 spiro atoms. The summed E-state index contributed by atoms with van der Waals surface area (Å²) in [5.41, 5.74) is 2.72. The number of pyridine rings is 1. The van der Waals surface area contributed by atoms with Crippen LogP contribution in [-0.2, 0) is 6.54 Å². The molecule has 0 saturated carbocycles. The van der Waals surface area contributed by atoms with Crippen molar-refractivity contribution in [1.82, 2.24) is 4.98 Å². The second-order valence-corrected chi connectivity index (χ2v) is 5.78. The van der Waals surface area contributed by atoms with E-state index in [1.54, 1.807) is 43.5 Å². The molecule has 0 saturated heterocycles. The van der Waals surface area contributed by atoms with Gasteiger partial charge in [0.05, 0.1) is 24.3 Å². The first-order valence-electron chi connectivity index (χ1n) is 8.32. The number of hydrogen-bond donors (Lipinski definition) is 2. The summed E-state index contributed by atoms with van der Waals surface area (Å²) in [6.07, 6.45) is 1.52. The van der Waals surface area contributed by atoms with Crippen molar-refractivity contribution in [2.45, 2.75) is 6.54 Å². The second kappa shape index (κ2) is 8.50. The van der Waals surface area contributed by atoms with Crippen LogP contribution in [0.25, 0.3) is 0 Å². The maximum atomic E-state index is 12.3. The fraction of sp³-hybridized carbons (Fsp3) is 0.0952. The van der Waals surface area contributed by atoms with Gasteiger partial charge in [0.15, 0.2) is 0 Å². The number of aromatic nitrogens is 1. The van der Waals surface area contributed by atoms with Crippen molar-refractivity contribution in [2.24, 2.45) is 0 Å². The topological polar surface area (TPSA) is 87.0 Å². The molecule has 0 fully saturated rings. The van der Waals surface area contributed by atoms with Crippen LogP contribution in [0.3, 0.4) is 0 Å². The number of ether oxygens (including phenoxy) is 1. The Hall–Kier alpha value is -3.85. The molecule has 27 heavy (non-hydrogen) atoms. The van der Waals surface area contributed by atoms with E-state index in [4.69, 9.17) is 10.00 Å². The van der Waals surface area contributed by atoms with Crippen molar-refractivity contribution in [3.05, 3.63) is 83.6 Å². The molecule has 0 radical (unpaired) electrons. The van der Waals surface area contributed by atoms with Crippen molar-refractivity contribution >= 4 is 17.4 Å². The highest BCUT2D eigenvalue weighted by atomic mass is 16.5. The Labute approximate surface area is 157 Å². The van der Waals surface area contributed by atoms with E-state index in [2.05, 4.69) is 15.6 Å². The lowest BCUT2D eigenvalue weighted by Gasteiger charge is -2.08. The Balaban J connectivity index is 1.57. The average Bonchev–Trinajstić information content (AvgIpc) is 2.73. The van der Waals surface area contributed by atoms with Gasteiger partial charge in [0, 0.05) is 18.4 Å². The fourth-order valence-corrected chi connectivity index (χ4v) is 2.40. The minimum absolute atomic E-state index is 0.256. The first kappa shape index (κ1) is 18.0. The van der Waals surface area contributed by atoms with E-state index in [-0.39, 0.29) is 5.91 Å². The smallest absolute Gasteiger partial charge is 0.257 e. The van der Waals surface area contributed by atoms with Gasteiger partial charge >= 0.3 is 0 Å². The lowest BCUT2D eigenvalue weighted by molar-refractivity contribution is 0.102. The van der Waals surface area contributed by atoms with Crippen LogP contribution >= 0.6 is 0 Å². The van der Waals surface area contributed by atoms with Gasteiger partial charge < -0.3 is 15.4 Å². The van der Waals surface area contributed by atoms with E-state index in [1.807, 2.05) is 30.3 Å². The van der Waals surface area contributed by atoms with Crippen molar-refractivity contribution in [3.8, 4) is 11.8 Å². The minimum atomic E-state index is -0.256. The largest absolute Gasteiger partial charge is 0.497 e. The van der Waals surface area contributed by atoms with Gasteiger partial charge in [-0.1, -0.05) is 12.1 Å². The second-order valence-electron chi connectivity index (χ2n) is 5.78. The zero-order valence-electron chi connectivity index (χ0n) is 14.8. The third-order valence-corrected chi connectivity index (χ3v) is 3.93. The van der Waals surface area contributed by atoms with Crippen LogP contribution in [-0.4, -0.2) is 18.0 Å². The number of nitriles is 1. The summed E-state index contributed by atoms with van der Waals surface area (Å²) in [6, 6.07) is 20.0. The maximum absolute atomic E-state index is 12.3. The molecule has 2 N–H and O–H groups in total. The molecule has 0 aliphatic heterocycles. The monoisotopic (exact) mass is 358 g/mol. The Morgan fingerprint density at radius 1 is 1.07 bits per heavy atom. The number of nitrogens with one attached hydrogen (secondary N) is 2. The van der Waals surface area contributed by atoms with E-state index in [1.165, 1.54) is 6.20 Å². The van der Waals surface area contributed by atoms with Crippen LogP contribution in [0, 0.1) is 11.3 Å².